The highest BCUT2D eigenvalue weighted by molar-refractivity contribution is 5.79. The van der Waals surface area contributed by atoms with Gasteiger partial charge in [-0.25, -0.2) is 0 Å². The molecule has 0 bridgehead atoms. The zero-order chi connectivity index (χ0) is 16.3. The molecule has 3 rings (SSSR count). The lowest BCUT2D eigenvalue weighted by Crippen LogP contribution is -2.51. The third kappa shape index (κ3) is 3.37. The summed E-state index contributed by atoms with van der Waals surface area (Å²) in [6.07, 6.45) is 4.74. The van der Waals surface area contributed by atoms with E-state index in [0.717, 1.165) is 38.2 Å². The Kier molecular flexibility index (Phi) is 4.90. The van der Waals surface area contributed by atoms with Gasteiger partial charge in [0, 0.05) is 17.9 Å². The van der Waals surface area contributed by atoms with Crippen LogP contribution in [0.15, 0.2) is 24.3 Å². The van der Waals surface area contributed by atoms with Crippen LogP contribution in [0.25, 0.3) is 0 Å². The van der Waals surface area contributed by atoms with Crippen LogP contribution in [0.5, 0.6) is 5.75 Å². The smallest absolute Gasteiger partial charge is 0.223 e. The van der Waals surface area contributed by atoms with Crippen LogP contribution in [0.4, 0.5) is 0 Å². The van der Waals surface area contributed by atoms with E-state index in [1.54, 1.807) is 7.11 Å². The maximum Gasteiger partial charge on any atom is 0.223 e. The summed E-state index contributed by atoms with van der Waals surface area (Å²) in [4.78, 5) is 12.5. The van der Waals surface area contributed by atoms with Crippen molar-refractivity contribution in [3.8, 4) is 5.75 Å². The number of hydrogen-bond acceptors (Lipinski definition) is 3. The Morgan fingerprint density at radius 3 is 2.74 bits per heavy atom. The standard InChI is InChI=1S/C19H28N2O2/c1-14(15-11-20-12-15)18(22)21-13-19(8-3-4-9-19)16-6-5-7-17(10-16)23-2/h5-7,10,14-15,20H,3-4,8-9,11-13H2,1-2H3,(H,21,22). The van der Waals surface area contributed by atoms with Gasteiger partial charge in [-0.15, -0.1) is 0 Å². The average molecular weight is 316 g/mol. The quantitative estimate of drug-likeness (QED) is 0.848. The van der Waals surface area contributed by atoms with Crippen molar-refractivity contribution in [2.45, 2.75) is 38.0 Å². The van der Waals surface area contributed by atoms with Crippen LogP contribution < -0.4 is 15.4 Å². The minimum absolute atomic E-state index is 0.0712. The molecule has 2 aliphatic rings. The molecule has 1 aliphatic carbocycles. The molecular formula is C19H28N2O2. The van der Waals surface area contributed by atoms with Crippen LogP contribution in [-0.4, -0.2) is 32.7 Å². The third-order valence-corrected chi connectivity index (χ3v) is 5.78. The Balaban J connectivity index is 1.69. The number of carbonyl (C=O) groups excluding carboxylic acids is 1. The summed E-state index contributed by atoms with van der Waals surface area (Å²) in [5, 5.41) is 6.49. The van der Waals surface area contributed by atoms with Crippen molar-refractivity contribution in [1.29, 1.82) is 0 Å². The van der Waals surface area contributed by atoms with Gasteiger partial charge in [-0.05, 0) is 49.5 Å². The molecule has 2 N–H and O–H groups in total. The number of hydrogen-bond donors (Lipinski definition) is 2. The van der Waals surface area contributed by atoms with Crippen LogP contribution in [0.1, 0.15) is 38.2 Å². The van der Waals surface area contributed by atoms with Gasteiger partial charge in [-0.1, -0.05) is 31.9 Å². The Labute approximate surface area is 139 Å². The second kappa shape index (κ2) is 6.91. The second-order valence-corrected chi connectivity index (χ2v) is 7.14. The minimum Gasteiger partial charge on any atom is -0.497 e. The predicted molar refractivity (Wildman–Crippen MR) is 91.7 cm³/mol. The zero-order valence-electron chi connectivity index (χ0n) is 14.2. The van der Waals surface area contributed by atoms with E-state index in [2.05, 4.69) is 28.8 Å². The molecule has 1 aromatic rings. The van der Waals surface area contributed by atoms with Gasteiger partial charge in [-0.3, -0.25) is 4.79 Å². The summed E-state index contributed by atoms with van der Waals surface area (Å²) in [6, 6.07) is 8.35. The fourth-order valence-corrected chi connectivity index (χ4v) is 3.87. The van der Waals surface area contributed by atoms with E-state index in [4.69, 9.17) is 4.74 Å². The lowest BCUT2D eigenvalue weighted by atomic mass is 9.78. The number of carbonyl (C=O) groups is 1. The molecule has 0 radical (unpaired) electrons. The minimum atomic E-state index is 0.0712. The molecule has 1 saturated carbocycles. The molecule has 1 saturated heterocycles. The molecule has 1 atom stereocenters. The molecule has 4 nitrogen and oxygen atoms in total. The molecule has 1 aliphatic heterocycles. The van der Waals surface area contributed by atoms with Crippen LogP contribution in [0.2, 0.25) is 0 Å². The number of amides is 1. The van der Waals surface area contributed by atoms with Gasteiger partial charge >= 0.3 is 0 Å². The summed E-state index contributed by atoms with van der Waals surface area (Å²) < 4.78 is 5.38. The third-order valence-electron chi connectivity index (χ3n) is 5.78. The van der Waals surface area contributed by atoms with Crippen molar-refractivity contribution in [1.82, 2.24) is 10.6 Å². The maximum atomic E-state index is 12.5. The molecule has 1 aromatic carbocycles. The topological polar surface area (TPSA) is 50.4 Å². The monoisotopic (exact) mass is 316 g/mol. The van der Waals surface area contributed by atoms with Gasteiger partial charge in [0.05, 0.1) is 7.11 Å². The van der Waals surface area contributed by atoms with Crippen molar-refractivity contribution in [3.05, 3.63) is 29.8 Å². The first-order valence-corrected chi connectivity index (χ1v) is 8.78. The average Bonchev–Trinajstić information content (AvgIpc) is 3.01. The number of ether oxygens (including phenoxy) is 1. The van der Waals surface area contributed by atoms with E-state index in [9.17, 15) is 4.79 Å². The highest BCUT2D eigenvalue weighted by atomic mass is 16.5. The molecule has 0 spiro atoms. The first-order chi connectivity index (χ1) is 11.1. The van der Waals surface area contributed by atoms with Crippen molar-refractivity contribution in [3.63, 3.8) is 0 Å². The molecule has 4 heteroatoms. The van der Waals surface area contributed by atoms with Crippen molar-refractivity contribution < 1.29 is 9.53 Å². The van der Waals surface area contributed by atoms with Gasteiger partial charge in [0.2, 0.25) is 5.91 Å². The molecule has 23 heavy (non-hydrogen) atoms. The van der Waals surface area contributed by atoms with Crippen molar-refractivity contribution in [2.75, 3.05) is 26.7 Å². The predicted octanol–water partition coefficient (Wildman–Crippen LogP) is 2.48. The highest BCUT2D eigenvalue weighted by Gasteiger charge is 2.37. The fraction of sp³-hybridized carbons (Fsp3) is 0.632. The van der Waals surface area contributed by atoms with Crippen molar-refractivity contribution >= 4 is 5.91 Å². The molecular weight excluding hydrogens is 288 g/mol. The molecule has 1 amide bonds. The van der Waals surface area contributed by atoms with Gasteiger partial charge in [0.1, 0.15) is 5.75 Å². The number of nitrogens with one attached hydrogen (secondary N) is 2. The summed E-state index contributed by atoms with van der Waals surface area (Å²) in [5.74, 6) is 1.69. The SMILES string of the molecule is COc1cccc(C2(CNC(=O)C(C)C3CNC3)CCCC2)c1. The lowest BCUT2D eigenvalue weighted by molar-refractivity contribution is -0.127. The molecule has 2 fully saturated rings. The largest absolute Gasteiger partial charge is 0.497 e. The number of methoxy groups -OCH3 is 1. The molecule has 0 aromatic heterocycles. The van der Waals surface area contributed by atoms with E-state index in [-0.39, 0.29) is 17.2 Å². The Morgan fingerprint density at radius 2 is 2.13 bits per heavy atom. The Bertz CT molecular complexity index is 548. The van der Waals surface area contributed by atoms with Crippen molar-refractivity contribution in [2.24, 2.45) is 11.8 Å². The van der Waals surface area contributed by atoms with E-state index >= 15 is 0 Å². The van der Waals surface area contributed by atoms with E-state index in [1.165, 1.54) is 18.4 Å². The van der Waals surface area contributed by atoms with E-state index in [0.29, 0.717) is 5.92 Å². The summed E-state index contributed by atoms with van der Waals surface area (Å²) in [7, 11) is 1.70. The molecule has 1 unspecified atom stereocenters. The Hall–Kier alpha value is -1.55. The van der Waals surface area contributed by atoms with Gasteiger partial charge in [0.25, 0.3) is 0 Å². The molecule has 126 valence electrons. The first-order valence-electron chi connectivity index (χ1n) is 8.78. The second-order valence-electron chi connectivity index (χ2n) is 7.14. The first kappa shape index (κ1) is 16.3. The van der Waals surface area contributed by atoms with Gasteiger partial charge in [-0.2, -0.15) is 0 Å². The number of rotatable bonds is 6. The van der Waals surface area contributed by atoms with Gasteiger partial charge < -0.3 is 15.4 Å². The summed E-state index contributed by atoms with van der Waals surface area (Å²) >= 11 is 0. The summed E-state index contributed by atoms with van der Waals surface area (Å²) in [6.45, 7) is 4.72. The van der Waals surface area contributed by atoms with Gasteiger partial charge in [0.15, 0.2) is 0 Å². The maximum absolute atomic E-state index is 12.5. The fourth-order valence-electron chi connectivity index (χ4n) is 3.87. The zero-order valence-corrected chi connectivity index (χ0v) is 14.2. The molecule has 1 heterocycles. The van der Waals surface area contributed by atoms with Crippen LogP contribution in [0, 0.1) is 11.8 Å². The van der Waals surface area contributed by atoms with E-state index < -0.39 is 0 Å². The van der Waals surface area contributed by atoms with E-state index in [1.807, 2.05) is 13.0 Å². The highest BCUT2D eigenvalue weighted by Crippen LogP contribution is 2.41. The number of benzene rings is 1. The van der Waals surface area contributed by atoms with Crippen LogP contribution in [-0.2, 0) is 10.2 Å². The van der Waals surface area contributed by atoms with Crippen LogP contribution >= 0.6 is 0 Å². The Morgan fingerprint density at radius 1 is 1.39 bits per heavy atom. The van der Waals surface area contributed by atoms with Crippen LogP contribution in [0.3, 0.4) is 0 Å². The summed E-state index contributed by atoms with van der Waals surface area (Å²) in [5.41, 5.74) is 1.37. The normalized spacial score (nSPS) is 21.5. The lowest BCUT2D eigenvalue weighted by Gasteiger charge is -2.34.